The number of hydrogen-bond donors (Lipinski definition) is 2. The topological polar surface area (TPSA) is 93.6 Å². The predicted octanol–water partition coefficient (Wildman–Crippen LogP) is 1.31. The number of H-pyrrole nitrogens is 1. The first-order valence-electron chi connectivity index (χ1n) is 5.33. The minimum atomic E-state index is 0.101. The van der Waals surface area contributed by atoms with Crippen LogP contribution in [-0.4, -0.2) is 20.2 Å². The summed E-state index contributed by atoms with van der Waals surface area (Å²) in [4.78, 5) is 7.70. The van der Waals surface area contributed by atoms with Crippen LogP contribution in [-0.2, 0) is 12.8 Å². The number of aromatic amines is 1. The second kappa shape index (κ2) is 3.89. The van der Waals surface area contributed by atoms with Crippen molar-refractivity contribution >= 4 is 17.0 Å². The van der Waals surface area contributed by atoms with Gasteiger partial charge in [0.15, 0.2) is 0 Å². The van der Waals surface area contributed by atoms with Crippen LogP contribution in [0.5, 0.6) is 0 Å². The second-order valence-electron chi connectivity index (χ2n) is 3.73. The van der Waals surface area contributed by atoms with Gasteiger partial charge >= 0.3 is 6.01 Å². The molecule has 0 aliphatic rings. The lowest BCUT2D eigenvalue weighted by Crippen LogP contribution is -1.93. The van der Waals surface area contributed by atoms with E-state index in [0.29, 0.717) is 12.3 Å². The number of imidazole rings is 1. The van der Waals surface area contributed by atoms with Crippen LogP contribution in [0.3, 0.4) is 0 Å². The largest absolute Gasteiger partial charge is 0.408 e. The van der Waals surface area contributed by atoms with Gasteiger partial charge in [-0.1, -0.05) is 17.2 Å². The molecule has 0 unspecified atom stereocenters. The van der Waals surface area contributed by atoms with E-state index in [0.717, 1.165) is 23.3 Å². The molecule has 0 fully saturated rings. The Morgan fingerprint density at radius 1 is 1.18 bits per heavy atom. The van der Waals surface area contributed by atoms with E-state index in [9.17, 15) is 0 Å². The Hall–Kier alpha value is -2.37. The quantitative estimate of drug-likeness (QED) is 0.706. The molecule has 3 rings (SSSR count). The Kier molecular flexibility index (Phi) is 2.25. The van der Waals surface area contributed by atoms with E-state index in [1.807, 2.05) is 24.3 Å². The van der Waals surface area contributed by atoms with E-state index >= 15 is 0 Å². The van der Waals surface area contributed by atoms with Crippen molar-refractivity contribution in [2.75, 3.05) is 5.73 Å². The van der Waals surface area contributed by atoms with E-state index in [-0.39, 0.29) is 6.01 Å². The van der Waals surface area contributed by atoms with Crippen LogP contribution in [0, 0.1) is 0 Å². The molecule has 2 heterocycles. The van der Waals surface area contributed by atoms with Gasteiger partial charge < -0.3 is 15.1 Å². The first-order chi connectivity index (χ1) is 8.31. The monoisotopic (exact) mass is 229 g/mol. The Morgan fingerprint density at radius 3 is 2.82 bits per heavy atom. The number of anilines is 1. The lowest BCUT2D eigenvalue weighted by molar-refractivity contribution is 0.507. The van der Waals surface area contributed by atoms with Gasteiger partial charge in [-0.05, 0) is 12.1 Å². The minimum Gasteiger partial charge on any atom is -0.408 e. The molecule has 1 aromatic carbocycles. The molecule has 0 atom stereocenters. The van der Waals surface area contributed by atoms with E-state index in [4.69, 9.17) is 10.2 Å². The molecule has 0 spiro atoms. The SMILES string of the molecule is Nc1nnc(CCc2nc3ccccc3[nH]2)o1. The first kappa shape index (κ1) is 9.83. The summed E-state index contributed by atoms with van der Waals surface area (Å²) in [5, 5.41) is 7.40. The van der Waals surface area contributed by atoms with E-state index in [2.05, 4.69) is 20.2 Å². The summed E-state index contributed by atoms with van der Waals surface area (Å²) in [7, 11) is 0. The molecule has 86 valence electrons. The predicted molar refractivity (Wildman–Crippen MR) is 62.2 cm³/mol. The van der Waals surface area contributed by atoms with Crippen LogP contribution in [0.1, 0.15) is 11.7 Å². The Morgan fingerprint density at radius 2 is 2.06 bits per heavy atom. The Bertz CT molecular complexity index is 609. The molecule has 0 bridgehead atoms. The number of nitrogens with one attached hydrogen (secondary N) is 1. The van der Waals surface area contributed by atoms with Gasteiger partial charge in [0, 0.05) is 12.8 Å². The van der Waals surface area contributed by atoms with E-state index in [1.165, 1.54) is 0 Å². The highest BCUT2D eigenvalue weighted by molar-refractivity contribution is 5.74. The maximum Gasteiger partial charge on any atom is 0.312 e. The summed E-state index contributed by atoms with van der Waals surface area (Å²) in [6, 6.07) is 8.01. The van der Waals surface area contributed by atoms with Gasteiger partial charge in [0.25, 0.3) is 0 Å². The lowest BCUT2D eigenvalue weighted by atomic mass is 10.3. The molecule has 0 amide bonds. The molecule has 0 saturated carbocycles. The van der Waals surface area contributed by atoms with Gasteiger partial charge in [-0.25, -0.2) is 4.98 Å². The highest BCUT2D eigenvalue weighted by Crippen LogP contribution is 2.12. The number of nitrogen functional groups attached to an aromatic ring is 1. The van der Waals surface area contributed by atoms with Crippen molar-refractivity contribution in [3.05, 3.63) is 36.0 Å². The van der Waals surface area contributed by atoms with Crippen LogP contribution in [0.4, 0.5) is 6.01 Å². The van der Waals surface area contributed by atoms with Crippen LogP contribution in [0.25, 0.3) is 11.0 Å². The van der Waals surface area contributed by atoms with Crippen LogP contribution < -0.4 is 5.73 Å². The molecule has 6 heteroatoms. The number of aryl methyl sites for hydroxylation is 2. The van der Waals surface area contributed by atoms with Gasteiger partial charge in [-0.3, -0.25) is 0 Å². The highest BCUT2D eigenvalue weighted by atomic mass is 16.4. The average Bonchev–Trinajstić information content (AvgIpc) is 2.91. The third kappa shape index (κ3) is 1.96. The zero-order chi connectivity index (χ0) is 11.7. The molecule has 2 aromatic heterocycles. The number of para-hydroxylation sites is 2. The third-order valence-corrected chi connectivity index (χ3v) is 2.50. The summed E-state index contributed by atoms with van der Waals surface area (Å²) in [5.41, 5.74) is 7.35. The molecular weight excluding hydrogens is 218 g/mol. The summed E-state index contributed by atoms with van der Waals surface area (Å²) >= 11 is 0. The van der Waals surface area contributed by atoms with Crippen molar-refractivity contribution in [1.29, 1.82) is 0 Å². The average molecular weight is 229 g/mol. The molecular formula is C11H11N5O. The van der Waals surface area contributed by atoms with Crippen LogP contribution in [0.2, 0.25) is 0 Å². The number of nitrogens with two attached hydrogens (primary N) is 1. The molecule has 3 aromatic rings. The maximum absolute atomic E-state index is 5.35. The smallest absolute Gasteiger partial charge is 0.312 e. The Labute approximate surface area is 96.9 Å². The van der Waals surface area contributed by atoms with Crippen molar-refractivity contribution in [1.82, 2.24) is 20.2 Å². The van der Waals surface area contributed by atoms with E-state index < -0.39 is 0 Å². The highest BCUT2D eigenvalue weighted by Gasteiger charge is 2.06. The molecule has 0 aliphatic carbocycles. The van der Waals surface area contributed by atoms with Crippen molar-refractivity contribution in [2.24, 2.45) is 0 Å². The molecule has 17 heavy (non-hydrogen) atoms. The fourth-order valence-corrected chi connectivity index (χ4v) is 1.72. The van der Waals surface area contributed by atoms with Gasteiger partial charge in [0.1, 0.15) is 5.82 Å². The number of aromatic nitrogens is 4. The number of hydrogen-bond acceptors (Lipinski definition) is 5. The van der Waals surface area contributed by atoms with Crippen LogP contribution in [0.15, 0.2) is 28.7 Å². The zero-order valence-corrected chi connectivity index (χ0v) is 9.05. The second-order valence-corrected chi connectivity index (χ2v) is 3.73. The van der Waals surface area contributed by atoms with Gasteiger partial charge in [-0.15, -0.1) is 5.10 Å². The molecule has 6 nitrogen and oxygen atoms in total. The number of fused-ring (bicyclic) bond motifs is 1. The standard InChI is InChI=1S/C11H11N5O/c12-11-16-15-10(17-11)6-5-9-13-7-3-1-2-4-8(7)14-9/h1-4H,5-6H2,(H2,12,16)(H,13,14). The normalized spacial score (nSPS) is 11.1. The van der Waals surface area contributed by atoms with Gasteiger partial charge in [0.2, 0.25) is 5.89 Å². The minimum absolute atomic E-state index is 0.101. The van der Waals surface area contributed by atoms with Crippen molar-refractivity contribution in [3.8, 4) is 0 Å². The van der Waals surface area contributed by atoms with E-state index in [1.54, 1.807) is 0 Å². The number of nitrogens with zero attached hydrogens (tertiary/aromatic N) is 3. The summed E-state index contributed by atoms with van der Waals surface area (Å²) < 4.78 is 5.09. The fraction of sp³-hybridized carbons (Fsp3) is 0.182. The molecule has 0 saturated heterocycles. The summed E-state index contributed by atoms with van der Waals surface area (Å²) in [6.45, 7) is 0. The van der Waals surface area contributed by atoms with Crippen LogP contribution >= 0.6 is 0 Å². The van der Waals surface area contributed by atoms with Gasteiger partial charge in [0.05, 0.1) is 11.0 Å². The lowest BCUT2D eigenvalue weighted by Gasteiger charge is -1.91. The molecule has 0 aliphatic heterocycles. The molecule has 0 radical (unpaired) electrons. The Balaban J connectivity index is 1.76. The maximum atomic E-state index is 5.35. The van der Waals surface area contributed by atoms with Crippen molar-refractivity contribution < 1.29 is 4.42 Å². The number of rotatable bonds is 3. The zero-order valence-electron chi connectivity index (χ0n) is 9.05. The third-order valence-electron chi connectivity index (χ3n) is 2.50. The summed E-state index contributed by atoms with van der Waals surface area (Å²) in [5.74, 6) is 1.44. The van der Waals surface area contributed by atoms with Gasteiger partial charge in [-0.2, -0.15) is 0 Å². The summed E-state index contributed by atoms with van der Waals surface area (Å²) in [6.07, 6.45) is 1.35. The van der Waals surface area contributed by atoms with Crippen molar-refractivity contribution in [3.63, 3.8) is 0 Å². The number of benzene rings is 1. The van der Waals surface area contributed by atoms with Crippen molar-refractivity contribution in [2.45, 2.75) is 12.8 Å². The fourth-order valence-electron chi connectivity index (χ4n) is 1.72. The first-order valence-corrected chi connectivity index (χ1v) is 5.33. The molecule has 3 N–H and O–H groups in total.